The maximum Gasteiger partial charge on any atom is 0.0714 e. The number of fused-ring (bicyclic) bond motifs is 9. The van der Waals surface area contributed by atoms with Crippen molar-refractivity contribution in [2.45, 2.75) is 30.6 Å². The number of nitrogens with zero attached hydrogens (tertiary/aromatic N) is 3. The molecule has 1 heterocycles. The number of anilines is 5. The maximum atomic E-state index is 2.57. The molecule has 2 atom stereocenters. The molecule has 0 spiro atoms. The molecule has 2 unspecified atom stereocenters. The summed E-state index contributed by atoms with van der Waals surface area (Å²) < 4.78 is 2.40. The topological polar surface area (TPSA) is 11.4 Å². The first-order valence-corrected chi connectivity index (χ1v) is 27.7. The van der Waals surface area contributed by atoms with Gasteiger partial charge in [0.15, 0.2) is 0 Å². The molecule has 0 bridgehead atoms. The second kappa shape index (κ2) is 18.5. The van der Waals surface area contributed by atoms with Gasteiger partial charge in [0.2, 0.25) is 0 Å². The number of aromatic nitrogens is 1. The molecular formula is C76H57N3. The average Bonchev–Trinajstić information content (AvgIpc) is 4.31. The SMILES string of the molecule is CC1(C)c2ccccc2C2C=CC(N(c3ccc(N(c4ccccc4)c4ccccc4)cc3)c3ccc4c(c3)C(c3ccccc3)(c3ccccc3)c3cc(-c5ccc6c(c5)c5ccccc5n6-c5ccccc5)ccc3-4)=CC21. The van der Waals surface area contributed by atoms with Gasteiger partial charge < -0.3 is 14.4 Å². The Bertz CT molecular complexity index is 4250. The van der Waals surface area contributed by atoms with E-state index in [0.29, 0.717) is 5.92 Å². The van der Waals surface area contributed by atoms with E-state index in [-0.39, 0.29) is 11.3 Å². The van der Waals surface area contributed by atoms with E-state index >= 15 is 0 Å². The molecule has 0 N–H and O–H groups in total. The Morgan fingerprint density at radius 3 is 1.54 bits per heavy atom. The smallest absolute Gasteiger partial charge is 0.0714 e. The minimum absolute atomic E-state index is 0.0603. The van der Waals surface area contributed by atoms with E-state index in [2.05, 4.69) is 325 Å². The van der Waals surface area contributed by atoms with Crippen LogP contribution in [0.1, 0.15) is 53.1 Å². The number of para-hydroxylation sites is 4. The lowest BCUT2D eigenvalue weighted by atomic mass is 9.67. The maximum absolute atomic E-state index is 2.57. The summed E-state index contributed by atoms with van der Waals surface area (Å²) in [5.74, 6) is 0.581. The fourth-order valence-electron chi connectivity index (χ4n) is 13.9. The molecule has 0 saturated heterocycles. The Labute approximate surface area is 463 Å². The first-order valence-electron chi connectivity index (χ1n) is 27.7. The molecule has 79 heavy (non-hydrogen) atoms. The molecular weight excluding hydrogens is 955 g/mol. The van der Waals surface area contributed by atoms with Gasteiger partial charge in [-0.05, 0) is 170 Å². The van der Waals surface area contributed by atoms with Crippen LogP contribution in [-0.4, -0.2) is 4.57 Å². The van der Waals surface area contributed by atoms with Crippen molar-refractivity contribution in [1.29, 1.82) is 0 Å². The van der Waals surface area contributed by atoms with Gasteiger partial charge >= 0.3 is 0 Å². The van der Waals surface area contributed by atoms with E-state index < -0.39 is 5.41 Å². The normalized spacial score (nSPS) is 16.2. The predicted octanol–water partition coefficient (Wildman–Crippen LogP) is 19.6. The summed E-state index contributed by atoms with van der Waals surface area (Å²) in [6, 6.07) is 103. The number of hydrogen-bond acceptors (Lipinski definition) is 2. The Hall–Kier alpha value is -9.70. The predicted molar refractivity (Wildman–Crippen MR) is 330 cm³/mol. The molecule has 3 aliphatic rings. The van der Waals surface area contributed by atoms with Crippen LogP contribution in [0, 0.1) is 5.92 Å². The zero-order chi connectivity index (χ0) is 52.7. The number of hydrogen-bond donors (Lipinski definition) is 0. The van der Waals surface area contributed by atoms with E-state index in [0.717, 1.165) is 34.1 Å². The molecule has 0 radical (unpaired) electrons. The van der Waals surface area contributed by atoms with Gasteiger partial charge in [-0.1, -0.05) is 208 Å². The van der Waals surface area contributed by atoms with E-state index in [4.69, 9.17) is 0 Å². The van der Waals surface area contributed by atoms with Gasteiger partial charge in [-0.2, -0.15) is 0 Å². The zero-order valence-electron chi connectivity index (χ0n) is 44.3. The fourth-order valence-corrected chi connectivity index (χ4v) is 13.9. The van der Waals surface area contributed by atoms with Crippen LogP contribution in [0.4, 0.5) is 28.4 Å². The first kappa shape index (κ1) is 46.6. The molecule has 0 amide bonds. The second-order valence-corrected chi connectivity index (χ2v) is 22.1. The van der Waals surface area contributed by atoms with Crippen LogP contribution >= 0.6 is 0 Å². The highest BCUT2D eigenvalue weighted by Crippen LogP contribution is 2.59. The molecule has 3 aliphatic carbocycles. The lowest BCUT2D eigenvalue weighted by molar-refractivity contribution is 0.392. The summed E-state index contributed by atoms with van der Waals surface area (Å²) in [6.45, 7) is 4.86. The summed E-state index contributed by atoms with van der Waals surface area (Å²) in [5.41, 5.74) is 22.3. The highest BCUT2D eigenvalue weighted by molar-refractivity contribution is 6.10. The molecule has 0 fully saturated rings. The van der Waals surface area contributed by atoms with E-state index in [9.17, 15) is 0 Å². The minimum Gasteiger partial charge on any atom is -0.311 e. The highest BCUT2D eigenvalue weighted by Gasteiger charge is 2.48. The fraction of sp³-hybridized carbons (Fsp3) is 0.0789. The average molecular weight is 1010 g/mol. The van der Waals surface area contributed by atoms with Gasteiger partial charge in [-0.3, -0.25) is 0 Å². The van der Waals surface area contributed by atoms with E-state index in [1.807, 2.05) is 0 Å². The summed E-state index contributed by atoms with van der Waals surface area (Å²) in [6.07, 6.45) is 7.43. The Kier molecular flexibility index (Phi) is 10.9. The largest absolute Gasteiger partial charge is 0.311 e. The summed E-state index contributed by atoms with van der Waals surface area (Å²) in [4.78, 5) is 4.86. The summed E-state index contributed by atoms with van der Waals surface area (Å²) >= 11 is 0. The van der Waals surface area contributed by atoms with Crippen LogP contribution in [0.3, 0.4) is 0 Å². The van der Waals surface area contributed by atoms with Crippen molar-refractivity contribution in [2.24, 2.45) is 5.92 Å². The van der Waals surface area contributed by atoms with Crippen molar-refractivity contribution < 1.29 is 0 Å². The van der Waals surface area contributed by atoms with Gasteiger partial charge in [0.05, 0.1) is 16.4 Å². The number of rotatable bonds is 10. The van der Waals surface area contributed by atoms with Crippen molar-refractivity contribution in [3.05, 3.63) is 336 Å². The van der Waals surface area contributed by atoms with E-state index in [1.165, 1.54) is 83.1 Å². The molecule has 0 aliphatic heterocycles. The van der Waals surface area contributed by atoms with Gasteiger partial charge in [-0.25, -0.2) is 0 Å². The Balaban J connectivity index is 0.920. The molecule has 3 heteroatoms. The minimum atomic E-state index is -0.648. The Morgan fingerprint density at radius 2 is 0.873 bits per heavy atom. The van der Waals surface area contributed by atoms with Gasteiger partial charge in [0, 0.05) is 56.5 Å². The van der Waals surface area contributed by atoms with Gasteiger partial charge in [0.25, 0.3) is 0 Å². The molecule has 1 aromatic heterocycles. The molecule has 0 saturated carbocycles. The zero-order valence-corrected chi connectivity index (χ0v) is 44.3. The van der Waals surface area contributed by atoms with E-state index in [1.54, 1.807) is 0 Å². The van der Waals surface area contributed by atoms with Crippen molar-refractivity contribution in [2.75, 3.05) is 9.80 Å². The van der Waals surface area contributed by atoms with Gasteiger partial charge in [0.1, 0.15) is 0 Å². The molecule has 3 nitrogen and oxygen atoms in total. The second-order valence-electron chi connectivity index (χ2n) is 22.1. The highest BCUT2D eigenvalue weighted by atomic mass is 15.2. The van der Waals surface area contributed by atoms with Crippen LogP contribution in [-0.2, 0) is 10.8 Å². The third kappa shape index (κ3) is 7.34. The van der Waals surface area contributed by atoms with Gasteiger partial charge in [-0.15, -0.1) is 0 Å². The van der Waals surface area contributed by atoms with Crippen molar-refractivity contribution in [3.8, 4) is 27.9 Å². The van der Waals surface area contributed by atoms with Crippen LogP contribution in [0.2, 0.25) is 0 Å². The van der Waals surface area contributed by atoms with Crippen LogP contribution in [0.15, 0.2) is 303 Å². The third-order valence-corrected chi connectivity index (χ3v) is 17.5. The first-order chi connectivity index (χ1) is 38.9. The summed E-state index contributed by atoms with van der Waals surface area (Å²) in [7, 11) is 0. The number of benzene rings is 11. The molecule has 376 valence electrons. The summed E-state index contributed by atoms with van der Waals surface area (Å²) in [5, 5.41) is 2.49. The van der Waals surface area contributed by atoms with Crippen LogP contribution < -0.4 is 9.80 Å². The lowest BCUT2D eigenvalue weighted by Gasteiger charge is -2.36. The molecule has 15 rings (SSSR count). The van der Waals surface area contributed by atoms with Crippen molar-refractivity contribution >= 4 is 50.2 Å². The van der Waals surface area contributed by atoms with Crippen molar-refractivity contribution in [1.82, 2.24) is 4.57 Å². The lowest BCUT2D eigenvalue weighted by Crippen LogP contribution is -2.29. The molecule has 12 aromatic rings. The van der Waals surface area contributed by atoms with Crippen LogP contribution in [0.5, 0.6) is 0 Å². The monoisotopic (exact) mass is 1010 g/mol. The van der Waals surface area contributed by atoms with Crippen LogP contribution in [0.25, 0.3) is 49.7 Å². The Morgan fingerprint density at radius 1 is 0.380 bits per heavy atom. The number of allylic oxidation sites excluding steroid dienone is 3. The molecule has 11 aromatic carbocycles. The quantitative estimate of drug-likeness (QED) is 0.135. The third-order valence-electron chi connectivity index (χ3n) is 17.5. The van der Waals surface area contributed by atoms with Crippen molar-refractivity contribution in [3.63, 3.8) is 0 Å². The standard InChI is InChI=1S/C76H57N3/c1-75(2)69-34-20-18-32-63(69)64-45-42-61(50-70(64)75)78(60-40-38-59(39-41-60)77(56-26-12-5-13-27-56)57-28-14-6-15-29-57)62-43-46-66-65-44-36-53(49-71(65)76(72(66)51-62,54-22-8-3-9-23-54)55-24-10-4-11-25-55)52-37-47-74-68(48-52)67-33-19-21-35-73(67)79(74)58-30-16-7-17-31-58/h3-51,64,70H,1-2H3.